The summed E-state index contributed by atoms with van der Waals surface area (Å²) >= 11 is 0. The first kappa shape index (κ1) is 15.1. The molecule has 1 saturated carbocycles. The standard InChI is InChI=1S/C18H24N2O2/c1-2-15(21)9-10-19-18(22)17-11-14-5-3-4-6-16(14)20(17)12-13-7-8-13/h3-6,11,13,15,21H,2,7-10,12H2,1H3,(H,19,22)/t15-/m0/s1. The highest BCUT2D eigenvalue weighted by atomic mass is 16.3. The summed E-state index contributed by atoms with van der Waals surface area (Å²) in [5.41, 5.74) is 1.87. The summed E-state index contributed by atoms with van der Waals surface area (Å²) in [4.78, 5) is 12.5. The maximum Gasteiger partial charge on any atom is 0.267 e. The molecule has 4 nitrogen and oxygen atoms in total. The van der Waals surface area contributed by atoms with Gasteiger partial charge in [0.15, 0.2) is 0 Å². The SMILES string of the molecule is CC[C@H](O)CCNC(=O)c1cc2ccccc2n1CC1CC1. The van der Waals surface area contributed by atoms with Gasteiger partial charge in [0.05, 0.1) is 6.10 Å². The molecule has 118 valence electrons. The highest BCUT2D eigenvalue weighted by Gasteiger charge is 2.25. The fraction of sp³-hybridized carbons (Fsp3) is 0.500. The van der Waals surface area contributed by atoms with E-state index < -0.39 is 0 Å². The van der Waals surface area contributed by atoms with Crippen molar-refractivity contribution in [2.24, 2.45) is 5.92 Å². The molecule has 22 heavy (non-hydrogen) atoms. The zero-order valence-corrected chi connectivity index (χ0v) is 13.1. The molecular weight excluding hydrogens is 276 g/mol. The van der Waals surface area contributed by atoms with Gasteiger partial charge in [-0.15, -0.1) is 0 Å². The number of fused-ring (bicyclic) bond motifs is 1. The predicted octanol–water partition coefficient (Wildman–Crippen LogP) is 2.94. The Hall–Kier alpha value is -1.81. The zero-order chi connectivity index (χ0) is 15.5. The molecule has 1 fully saturated rings. The van der Waals surface area contributed by atoms with E-state index in [0.29, 0.717) is 18.9 Å². The Morgan fingerprint density at radius 1 is 1.41 bits per heavy atom. The Morgan fingerprint density at radius 2 is 2.18 bits per heavy atom. The number of hydrogen-bond donors (Lipinski definition) is 2. The van der Waals surface area contributed by atoms with Gasteiger partial charge in [-0.25, -0.2) is 0 Å². The second-order valence-corrected chi connectivity index (χ2v) is 6.25. The Labute approximate surface area is 131 Å². The van der Waals surface area contributed by atoms with Gasteiger partial charge in [-0.05, 0) is 43.7 Å². The van der Waals surface area contributed by atoms with E-state index >= 15 is 0 Å². The molecule has 0 radical (unpaired) electrons. The lowest BCUT2D eigenvalue weighted by molar-refractivity contribution is 0.0933. The van der Waals surface area contributed by atoms with E-state index in [-0.39, 0.29) is 12.0 Å². The smallest absolute Gasteiger partial charge is 0.267 e. The highest BCUT2D eigenvalue weighted by Crippen LogP contribution is 2.33. The summed E-state index contributed by atoms with van der Waals surface area (Å²) in [6.45, 7) is 3.38. The number of benzene rings is 1. The Balaban J connectivity index is 1.77. The molecule has 2 N–H and O–H groups in total. The zero-order valence-electron chi connectivity index (χ0n) is 13.1. The van der Waals surface area contributed by atoms with Crippen LogP contribution in [0.1, 0.15) is 43.1 Å². The normalized spacial score (nSPS) is 15.9. The average Bonchev–Trinajstić information content (AvgIpc) is 3.27. The van der Waals surface area contributed by atoms with Gasteiger partial charge in [-0.1, -0.05) is 25.1 Å². The van der Waals surface area contributed by atoms with Crippen molar-refractivity contribution < 1.29 is 9.90 Å². The topological polar surface area (TPSA) is 54.3 Å². The summed E-state index contributed by atoms with van der Waals surface area (Å²) in [7, 11) is 0. The van der Waals surface area contributed by atoms with E-state index in [1.165, 1.54) is 12.8 Å². The van der Waals surface area contributed by atoms with Crippen molar-refractivity contribution in [3.8, 4) is 0 Å². The Morgan fingerprint density at radius 3 is 2.91 bits per heavy atom. The number of nitrogens with zero attached hydrogens (tertiary/aromatic N) is 1. The van der Waals surface area contributed by atoms with Crippen LogP contribution < -0.4 is 5.32 Å². The third-order valence-electron chi connectivity index (χ3n) is 4.42. The van der Waals surface area contributed by atoms with Crippen LogP contribution in [0.3, 0.4) is 0 Å². The van der Waals surface area contributed by atoms with Crippen LogP contribution in [-0.2, 0) is 6.54 Å². The van der Waals surface area contributed by atoms with Crippen LogP contribution in [0.5, 0.6) is 0 Å². The van der Waals surface area contributed by atoms with Crippen LogP contribution in [0, 0.1) is 5.92 Å². The maximum atomic E-state index is 12.5. The first-order valence-electron chi connectivity index (χ1n) is 8.23. The molecule has 0 aliphatic heterocycles. The quantitative estimate of drug-likeness (QED) is 0.826. The van der Waals surface area contributed by atoms with Crippen molar-refractivity contribution in [2.45, 2.75) is 45.3 Å². The molecule has 1 aromatic carbocycles. The van der Waals surface area contributed by atoms with Gasteiger partial charge in [-0.3, -0.25) is 4.79 Å². The molecule has 1 aliphatic rings. The largest absolute Gasteiger partial charge is 0.393 e. The van der Waals surface area contributed by atoms with Gasteiger partial charge in [0.25, 0.3) is 5.91 Å². The van der Waals surface area contributed by atoms with Gasteiger partial charge in [0.1, 0.15) is 5.69 Å². The van der Waals surface area contributed by atoms with Gasteiger partial charge < -0.3 is 15.0 Å². The highest BCUT2D eigenvalue weighted by molar-refractivity contribution is 5.98. The van der Waals surface area contributed by atoms with E-state index in [2.05, 4.69) is 22.0 Å². The lowest BCUT2D eigenvalue weighted by Gasteiger charge is -2.12. The number of aliphatic hydroxyl groups excluding tert-OH is 1. The molecular formula is C18H24N2O2. The first-order valence-corrected chi connectivity index (χ1v) is 8.23. The molecule has 1 atom stereocenters. The number of nitrogens with one attached hydrogen (secondary N) is 1. The van der Waals surface area contributed by atoms with Crippen LogP contribution in [0.25, 0.3) is 10.9 Å². The third kappa shape index (κ3) is 3.33. The Kier molecular flexibility index (Phi) is 4.48. The summed E-state index contributed by atoms with van der Waals surface area (Å²) < 4.78 is 2.15. The van der Waals surface area contributed by atoms with Crippen LogP contribution >= 0.6 is 0 Å². The summed E-state index contributed by atoms with van der Waals surface area (Å²) in [5.74, 6) is 0.671. The van der Waals surface area contributed by atoms with Crippen molar-refractivity contribution in [1.82, 2.24) is 9.88 Å². The fourth-order valence-electron chi connectivity index (χ4n) is 2.80. The van der Waals surface area contributed by atoms with Crippen molar-refractivity contribution in [2.75, 3.05) is 6.54 Å². The number of aliphatic hydroxyl groups is 1. The van der Waals surface area contributed by atoms with E-state index in [9.17, 15) is 9.90 Å². The van der Waals surface area contributed by atoms with E-state index in [4.69, 9.17) is 0 Å². The minimum atomic E-state index is -0.336. The molecule has 0 spiro atoms. The van der Waals surface area contributed by atoms with E-state index in [1.807, 2.05) is 25.1 Å². The lowest BCUT2D eigenvalue weighted by Crippen LogP contribution is -2.29. The van der Waals surface area contributed by atoms with Gasteiger partial charge in [-0.2, -0.15) is 0 Å². The molecule has 4 heteroatoms. The van der Waals surface area contributed by atoms with Crippen molar-refractivity contribution in [3.63, 3.8) is 0 Å². The maximum absolute atomic E-state index is 12.5. The summed E-state index contributed by atoms with van der Waals surface area (Å²) in [6.07, 6.45) is 3.51. The fourth-order valence-corrected chi connectivity index (χ4v) is 2.80. The number of para-hydroxylation sites is 1. The first-order chi connectivity index (χ1) is 10.7. The third-order valence-corrected chi connectivity index (χ3v) is 4.42. The molecule has 1 heterocycles. The molecule has 1 amide bonds. The van der Waals surface area contributed by atoms with Gasteiger partial charge >= 0.3 is 0 Å². The number of rotatable bonds is 7. The second-order valence-electron chi connectivity index (χ2n) is 6.25. The molecule has 0 unspecified atom stereocenters. The number of carbonyl (C=O) groups excluding carboxylic acids is 1. The van der Waals surface area contributed by atoms with E-state index in [1.54, 1.807) is 0 Å². The summed E-state index contributed by atoms with van der Waals surface area (Å²) in [5, 5.41) is 13.6. The number of aromatic nitrogens is 1. The minimum absolute atomic E-state index is 0.0415. The van der Waals surface area contributed by atoms with Gasteiger partial charge in [0.2, 0.25) is 0 Å². The number of amides is 1. The van der Waals surface area contributed by atoms with Gasteiger partial charge in [0, 0.05) is 24.0 Å². The summed E-state index contributed by atoms with van der Waals surface area (Å²) in [6, 6.07) is 10.1. The second kappa shape index (κ2) is 6.53. The molecule has 1 aliphatic carbocycles. The molecule has 1 aromatic heterocycles. The molecule has 0 saturated heterocycles. The molecule has 3 rings (SSSR count). The average molecular weight is 300 g/mol. The van der Waals surface area contributed by atoms with E-state index in [0.717, 1.165) is 29.6 Å². The Bertz CT molecular complexity index is 658. The molecule has 2 aromatic rings. The number of hydrogen-bond acceptors (Lipinski definition) is 2. The monoisotopic (exact) mass is 300 g/mol. The van der Waals surface area contributed by atoms with Crippen LogP contribution in [-0.4, -0.2) is 28.2 Å². The number of carbonyl (C=O) groups is 1. The van der Waals surface area contributed by atoms with Crippen molar-refractivity contribution in [1.29, 1.82) is 0 Å². The van der Waals surface area contributed by atoms with Crippen LogP contribution in [0.15, 0.2) is 30.3 Å². The van der Waals surface area contributed by atoms with Crippen LogP contribution in [0.4, 0.5) is 0 Å². The predicted molar refractivity (Wildman–Crippen MR) is 87.9 cm³/mol. The van der Waals surface area contributed by atoms with Crippen molar-refractivity contribution >= 4 is 16.8 Å². The molecule has 0 bridgehead atoms. The van der Waals surface area contributed by atoms with Crippen LogP contribution in [0.2, 0.25) is 0 Å². The lowest BCUT2D eigenvalue weighted by atomic mass is 10.2. The van der Waals surface area contributed by atoms with Crippen molar-refractivity contribution in [3.05, 3.63) is 36.0 Å². The minimum Gasteiger partial charge on any atom is -0.393 e.